The van der Waals surface area contributed by atoms with Crippen molar-refractivity contribution in [3.8, 4) is 0 Å². The molecule has 3 N–H and O–H groups in total. The van der Waals surface area contributed by atoms with Crippen LogP contribution in [0.5, 0.6) is 0 Å². The van der Waals surface area contributed by atoms with Gasteiger partial charge in [-0.3, -0.25) is 0 Å². The van der Waals surface area contributed by atoms with Crippen molar-refractivity contribution in [2.75, 3.05) is 6.61 Å². The Kier molecular flexibility index (Phi) is 4.77. The van der Waals surface area contributed by atoms with Gasteiger partial charge < -0.3 is 15.7 Å². The highest BCUT2D eigenvalue weighted by atomic mass is 16.5. The van der Waals surface area contributed by atoms with Crippen LogP contribution in [-0.4, -0.2) is 23.3 Å². The molecule has 13 heavy (non-hydrogen) atoms. The first-order valence-corrected chi connectivity index (χ1v) is 4.54. The molecule has 0 heterocycles. The van der Waals surface area contributed by atoms with E-state index in [1.54, 1.807) is 0 Å². The molecule has 4 nitrogen and oxygen atoms in total. The number of nitrogens with zero attached hydrogens (tertiary/aromatic N) is 1. The summed E-state index contributed by atoms with van der Waals surface area (Å²) in [5.41, 5.74) is 5.27. The van der Waals surface area contributed by atoms with Crippen LogP contribution < -0.4 is 5.73 Å². The third-order valence-electron chi connectivity index (χ3n) is 2.20. The molecule has 0 fully saturated rings. The van der Waals surface area contributed by atoms with Crippen LogP contribution in [0, 0.1) is 5.92 Å². The Morgan fingerprint density at radius 3 is 2.54 bits per heavy atom. The first kappa shape index (κ1) is 12.2. The van der Waals surface area contributed by atoms with E-state index in [4.69, 9.17) is 15.7 Å². The number of rotatable bonds is 5. The zero-order valence-corrected chi connectivity index (χ0v) is 8.87. The predicted molar refractivity (Wildman–Crippen MR) is 52.9 cm³/mol. The average Bonchev–Trinajstić information content (AvgIpc) is 2.13. The Morgan fingerprint density at radius 1 is 1.62 bits per heavy atom. The van der Waals surface area contributed by atoms with E-state index in [2.05, 4.69) is 12.1 Å². The highest BCUT2D eigenvalue weighted by Gasteiger charge is 2.18. The van der Waals surface area contributed by atoms with E-state index >= 15 is 0 Å². The maximum absolute atomic E-state index is 8.40. The zero-order chi connectivity index (χ0) is 10.5. The highest BCUT2D eigenvalue weighted by molar-refractivity contribution is 5.81. The maximum Gasteiger partial charge on any atom is 0.144 e. The summed E-state index contributed by atoms with van der Waals surface area (Å²) in [5.74, 6) is 0.169. The van der Waals surface area contributed by atoms with Gasteiger partial charge in [-0.05, 0) is 20.3 Å². The largest absolute Gasteiger partial charge is 0.409 e. The minimum atomic E-state index is -0.135. The van der Waals surface area contributed by atoms with Gasteiger partial charge in [0.1, 0.15) is 5.84 Å². The minimum Gasteiger partial charge on any atom is -0.409 e. The lowest BCUT2D eigenvalue weighted by Crippen LogP contribution is -2.31. The van der Waals surface area contributed by atoms with Crippen LogP contribution in [-0.2, 0) is 4.74 Å². The molecule has 0 radical (unpaired) electrons. The molecule has 0 saturated heterocycles. The summed E-state index contributed by atoms with van der Waals surface area (Å²) >= 11 is 0. The number of oxime groups is 1. The SMILES string of the molecule is CCC(C)(C)OCC(C)/C(N)=N/O. The van der Waals surface area contributed by atoms with Crippen molar-refractivity contribution in [1.82, 2.24) is 0 Å². The number of amidine groups is 1. The molecule has 0 rings (SSSR count). The fourth-order valence-corrected chi connectivity index (χ4v) is 0.637. The molecule has 1 atom stereocenters. The number of hydrogen-bond donors (Lipinski definition) is 2. The van der Waals surface area contributed by atoms with Crippen molar-refractivity contribution in [2.24, 2.45) is 16.8 Å². The third kappa shape index (κ3) is 4.72. The number of nitrogens with two attached hydrogens (primary N) is 1. The molecule has 0 aliphatic rings. The Morgan fingerprint density at radius 2 is 2.15 bits per heavy atom. The van der Waals surface area contributed by atoms with Crippen LogP contribution in [0.3, 0.4) is 0 Å². The molecule has 78 valence electrons. The van der Waals surface area contributed by atoms with Crippen LogP contribution in [0.4, 0.5) is 0 Å². The van der Waals surface area contributed by atoms with Gasteiger partial charge in [0.05, 0.1) is 12.2 Å². The molecule has 0 amide bonds. The monoisotopic (exact) mass is 188 g/mol. The van der Waals surface area contributed by atoms with Gasteiger partial charge in [-0.15, -0.1) is 0 Å². The van der Waals surface area contributed by atoms with Gasteiger partial charge in [-0.25, -0.2) is 0 Å². The van der Waals surface area contributed by atoms with Crippen LogP contribution in [0.1, 0.15) is 34.1 Å². The van der Waals surface area contributed by atoms with Crippen molar-refractivity contribution in [3.63, 3.8) is 0 Å². The van der Waals surface area contributed by atoms with E-state index in [-0.39, 0.29) is 17.4 Å². The standard InChI is InChI=1S/C9H20N2O2/c1-5-9(3,4)13-6-7(2)8(10)11-12/h7,12H,5-6H2,1-4H3,(H2,10,11). The molecule has 0 bridgehead atoms. The van der Waals surface area contributed by atoms with E-state index in [1.807, 2.05) is 20.8 Å². The summed E-state index contributed by atoms with van der Waals surface area (Å²) in [6.45, 7) is 8.45. The van der Waals surface area contributed by atoms with Crippen LogP contribution in [0.25, 0.3) is 0 Å². The smallest absolute Gasteiger partial charge is 0.144 e. The Labute approximate surface area is 79.8 Å². The van der Waals surface area contributed by atoms with E-state index < -0.39 is 0 Å². The number of ether oxygens (including phenoxy) is 1. The molecular weight excluding hydrogens is 168 g/mol. The van der Waals surface area contributed by atoms with Gasteiger partial charge in [-0.1, -0.05) is 19.0 Å². The molecule has 0 saturated carbocycles. The summed E-state index contributed by atoms with van der Waals surface area (Å²) in [7, 11) is 0. The Balaban J connectivity index is 3.89. The van der Waals surface area contributed by atoms with Gasteiger partial charge >= 0.3 is 0 Å². The van der Waals surface area contributed by atoms with Crippen molar-refractivity contribution < 1.29 is 9.94 Å². The fourth-order valence-electron chi connectivity index (χ4n) is 0.637. The second-order valence-corrected chi connectivity index (χ2v) is 3.85. The van der Waals surface area contributed by atoms with Gasteiger partial charge in [0, 0.05) is 5.92 Å². The minimum absolute atomic E-state index is 0.0455. The van der Waals surface area contributed by atoms with E-state index in [0.29, 0.717) is 6.61 Å². The summed E-state index contributed by atoms with van der Waals surface area (Å²) in [5, 5.41) is 11.3. The molecule has 0 aliphatic carbocycles. The second kappa shape index (κ2) is 5.07. The molecule has 0 spiro atoms. The fraction of sp³-hybridized carbons (Fsp3) is 0.889. The summed E-state index contributed by atoms with van der Waals surface area (Å²) < 4.78 is 5.59. The average molecular weight is 188 g/mol. The molecule has 0 aromatic rings. The lowest BCUT2D eigenvalue weighted by molar-refractivity contribution is -0.0274. The van der Waals surface area contributed by atoms with Crippen LogP contribution in [0.2, 0.25) is 0 Å². The van der Waals surface area contributed by atoms with Crippen molar-refractivity contribution in [1.29, 1.82) is 0 Å². The molecule has 0 aliphatic heterocycles. The normalized spacial score (nSPS) is 15.8. The van der Waals surface area contributed by atoms with Crippen molar-refractivity contribution in [2.45, 2.75) is 39.7 Å². The Bertz CT molecular complexity index is 178. The molecule has 0 aromatic carbocycles. The van der Waals surface area contributed by atoms with E-state index in [0.717, 1.165) is 6.42 Å². The summed E-state index contributed by atoms with van der Waals surface area (Å²) in [6, 6.07) is 0. The first-order chi connectivity index (χ1) is 5.93. The molecule has 0 aromatic heterocycles. The first-order valence-electron chi connectivity index (χ1n) is 4.54. The topological polar surface area (TPSA) is 67.8 Å². The Hall–Kier alpha value is -0.770. The summed E-state index contributed by atoms with van der Waals surface area (Å²) in [4.78, 5) is 0. The highest BCUT2D eigenvalue weighted by Crippen LogP contribution is 2.14. The zero-order valence-electron chi connectivity index (χ0n) is 8.87. The number of hydrogen-bond acceptors (Lipinski definition) is 3. The lowest BCUT2D eigenvalue weighted by atomic mass is 10.1. The van der Waals surface area contributed by atoms with Gasteiger partial charge in [0.2, 0.25) is 0 Å². The molecule has 1 unspecified atom stereocenters. The van der Waals surface area contributed by atoms with Crippen molar-refractivity contribution >= 4 is 5.84 Å². The quantitative estimate of drug-likeness (QED) is 0.298. The van der Waals surface area contributed by atoms with E-state index in [1.165, 1.54) is 0 Å². The molecule has 4 heteroatoms. The van der Waals surface area contributed by atoms with Gasteiger partial charge in [-0.2, -0.15) is 0 Å². The summed E-state index contributed by atoms with van der Waals surface area (Å²) in [6.07, 6.45) is 0.940. The van der Waals surface area contributed by atoms with Gasteiger partial charge in [0.25, 0.3) is 0 Å². The second-order valence-electron chi connectivity index (χ2n) is 3.85. The van der Waals surface area contributed by atoms with Gasteiger partial charge in [0.15, 0.2) is 0 Å². The van der Waals surface area contributed by atoms with Crippen molar-refractivity contribution in [3.05, 3.63) is 0 Å². The third-order valence-corrected chi connectivity index (χ3v) is 2.20. The van der Waals surface area contributed by atoms with E-state index in [9.17, 15) is 0 Å². The molecular formula is C9H20N2O2. The maximum atomic E-state index is 8.40. The van der Waals surface area contributed by atoms with Crippen LogP contribution >= 0.6 is 0 Å². The predicted octanol–water partition coefficient (Wildman–Crippen LogP) is 1.57. The van der Waals surface area contributed by atoms with Crippen LogP contribution in [0.15, 0.2) is 5.16 Å². The lowest BCUT2D eigenvalue weighted by Gasteiger charge is -2.25.